The number of nitriles is 1. The van der Waals surface area contributed by atoms with Gasteiger partial charge in [-0.05, 0) is 13.0 Å². The van der Waals surface area contributed by atoms with E-state index in [2.05, 4.69) is 20.3 Å². The molecular formula is C22H23N7O8. The number of carbonyl (C=O) groups excluding carboxylic acids is 2. The minimum Gasteiger partial charge on any atom is -0.494 e. The summed E-state index contributed by atoms with van der Waals surface area (Å²) in [5.74, 6) is -0.583. The fourth-order valence-electron chi connectivity index (χ4n) is 3.26. The molecule has 15 heteroatoms. The number of carbonyl (C=O) groups is 2. The van der Waals surface area contributed by atoms with Gasteiger partial charge >= 0.3 is 11.7 Å². The van der Waals surface area contributed by atoms with E-state index in [1.807, 2.05) is 6.92 Å². The van der Waals surface area contributed by atoms with Crippen LogP contribution >= 0.6 is 0 Å². The Morgan fingerprint density at radius 1 is 1.14 bits per heavy atom. The highest BCUT2D eigenvalue weighted by atomic mass is 16.6. The Morgan fingerprint density at radius 2 is 1.84 bits per heavy atom. The average Bonchev–Trinajstić information content (AvgIpc) is 2.87. The van der Waals surface area contributed by atoms with Crippen LogP contribution in [0.25, 0.3) is 0 Å². The van der Waals surface area contributed by atoms with Gasteiger partial charge in [0.15, 0.2) is 5.69 Å². The lowest BCUT2D eigenvalue weighted by Gasteiger charge is -2.25. The first-order chi connectivity index (χ1) is 17.6. The Morgan fingerprint density at radius 3 is 2.35 bits per heavy atom. The van der Waals surface area contributed by atoms with Crippen LogP contribution < -0.4 is 15.0 Å². The summed E-state index contributed by atoms with van der Waals surface area (Å²) in [6, 6.07) is 6.12. The second kappa shape index (κ2) is 12.5. The van der Waals surface area contributed by atoms with E-state index in [1.165, 1.54) is 33.3 Å². The fourth-order valence-corrected chi connectivity index (χ4v) is 3.26. The zero-order valence-corrected chi connectivity index (χ0v) is 20.4. The normalized spacial score (nSPS) is 10.5. The smallest absolute Gasteiger partial charge is 0.307 e. The van der Waals surface area contributed by atoms with Crippen LogP contribution in [0.5, 0.6) is 5.75 Å². The number of benzene rings is 2. The molecule has 2 aromatic rings. The number of hydrogen-bond donors (Lipinski definition) is 1. The van der Waals surface area contributed by atoms with Gasteiger partial charge in [-0.2, -0.15) is 5.26 Å². The average molecular weight is 513 g/mol. The third kappa shape index (κ3) is 6.94. The van der Waals surface area contributed by atoms with E-state index >= 15 is 0 Å². The summed E-state index contributed by atoms with van der Waals surface area (Å²) in [5, 5.41) is 42.4. The molecule has 0 radical (unpaired) electrons. The van der Waals surface area contributed by atoms with Crippen molar-refractivity contribution in [1.29, 1.82) is 5.26 Å². The van der Waals surface area contributed by atoms with Crippen LogP contribution in [0.4, 0.5) is 34.1 Å². The van der Waals surface area contributed by atoms with Crippen molar-refractivity contribution in [3.05, 3.63) is 50.1 Å². The molecule has 0 bridgehead atoms. The molecule has 0 saturated heterocycles. The molecule has 0 fully saturated rings. The van der Waals surface area contributed by atoms with Crippen molar-refractivity contribution in [2.24, 2.45) is 10.2 Å². The van der Waals surface area contributed by atoms with Gasteiger partial charge in [0.2, 0.25) is 5.91 Å². The lowest BCUT2D eigenvalue weighted by Crippen LogP contribution is -2.26. The van der Waals surface area contributed by atoms with Crippen LogP contribution in [-0.2, 0) is 14.3 Å². The standard InChI is InChI=1S/C22H23N7O8/c1-5-27(7-6-21(31)37-4)18-10-16(24-13(2)30)17(11-20(18)36-3)25-26-22-14(12-23)8-15(28(32)33)9-19(22)29(34)35/h8-11H,5-7H2,1-4H3,(H,24,30). The molecule has 2 rings (SSSR count). The number of non-ortho nitro benzene ring substituents is 1. The largest absolute Gasteiger partial charge is 0.494 e. The van der Waals surface area contributed by atoms with Gasteiger partial charge in [-0.25, -0.2) is 0 Å². The van der Waals surface area contributed by atoms with Crippen molar-refractivity contribution in [3.8, 4) is 11.8 Å². The van der Waals surface area contributed by atoms with E-state index in [1.54, 1.807) is 11.0 Å². The summed E-state index contributed by atoms with van der Waals surface area (Å²) in [4.78, 5) is 46.1. The van der Waals surface area contributed by atoms with E-state index in [9.17, 15) is 35.1 Å². The number of hydrogen-bond acceptors (Lipinski definition) is 12. The Balaban J connectivity index is 2.66. The van der Waals surface area contributed by atoms with Crippen molar-refractivity contribution in [2.45, 2.75) is 20.3 Å². The predicted molar refractivity (Wildman–Crippen MR) is 130 cm³/mol. The van der Waals surface area contributed by atoms with Gasteiger partial charge in [0.25, 0.3) is 5.69 Å². The Hall–Kier alpha value is -5.13. The van der Waals surface area contributed by atoms with Crippen molar-refractivity contribution in [2.75, 3.05) is 37.5 Å². The summed E-state index contributed by atoms with van der Waals surface area (Å²) in [6.07, 6.45) is 0.0885. The number of esters is 1. The number of rotatable bonds is 11. The first kappa shape index (κ1) is 28.1. The van der Waals surface area contributed by atoms with Gasteiger partial charge in [-0.1, -0.05) is 0 Å². The maximum atomic E-state index is 11.9. The number of nitro benzene ring substituents is 2. The predicted octanol–water partition coefficient (Wildman–Crippen LogP) is 4.15. The number of anilines is 2. The van der Waals surface area contributed by atoms with Crippen molar-refractivity contribution in [1.82, 2.24) is 0 Å². The second-order valence-corrected chi connectivity index (χ2v) is 7.32. The number of nitrogens with zero attached hydrogens (tertiary/aromatic N) is 6. The van der Waals surface area contributed by atoms with Gasteiger partial charge in [-0.3, -0.25) is 29.8 Å². The lowest BCUT2D eigenvalue weighted by atomic mass is 10.1. The Bertz CT molecular complexity index is 1300. The van der Waals surface area contributed by atoms with E-state index < -0.39 is 44.3 Å². The molecule has 0 aliphatic carbocycles. The summed E-state index contributed by atoms with van der Waals surface area (Å²) in [7, 11) is 2.67. The fraction of sp³-hybridized carbons (Fsp3) is 0.318. The number of azo groups is 1. The monoisotopic (exact) mass is 513 g/mol. The SMILES string of the molecule is CCN(CCC(=O)OC)c1cc(NC(C)=O)c(N=Nc2c(C#N)cc([N+](=O)[O-])cc2[N+](=O)[O-])cc1OC. The third-order valence-electron chi connectivity index (χ3n) is 5.00. The molecule has 1 amide bonds. The molecule has 37 heavy (non-hydrogen) atoms. The number of ether oxygens (including phenoxy) is 2. The van der Waals surface area contributed by atoms with Crippen LogP contribution in [0.1, 0.15) is 25.8 Å². The summed E-state index contributed by atoms with van der Waals surface area (Å²) in [5.41, 5.74) is -1.69. The zero-order chi connectivity index (χ0) is 27.7. The van der Waals surface area contributed by atoms with Gasteiger partial charge < -0.3 is 19.7 Å². The maximum absolute atomic E-state index is 11.9. The molecule has 0 atom stereocenters. The van der Waals surface area contributed by atoms with Crippen molar-refractivity contribution < 1.29 is 28.9 Å². The molecule has 0 aromatic heterocycles. The molecule has 15 nitrogen and oxygen atoms in total. The first-order valence-electron chi connectivity index (χ1n) is 10.7. The van der Waals surface area contributed by atoms with E-state index in [0.29, 0.717) is 18.3 Å². The van der Waals surface area contributed by atoms with E-state index in [0.717, 1.165) is 6.07 Å². The molecule has 0 aliphatic rings. The number of nitro groups is 2. The highest BCUT2D eigenvalue weighted by Crippen LogP contribution is 2.41. The molecule has 194 valence electrons. The Kier molecular flexibility index (Phi) is 9.53. The number of amides is 1. The molecule has 0 heterocycles. The van der Waals surface area contributed by atoms with Crippen LogP contribution in [0.3, 0.4) is 0 Å². The van der Waals surface area contributed by atoms with Gasteiger partial charge in [0, 0.05) is 32.1 Å². The van der Waals surface area contributed by atoms with Crippen LogP contribution in [-0.4, -0.2) is 49.0 Å². The summed E-state index contributed by atoms with van der Waals surface area (Å²) < 4.78 is 10.1. The van der Waals surface area contributed by atoms with Gasteiger partial charge in [0.1, 0.15) is 17.5 Å². The van der Waals surface area contributed by atoms with E-state index in [-0.39, 0.29) is 30.1 Å². The quantitative estimate of drug-likeness (QED) is 0.197. The molecule has 2 aromatic carbocycles. The Labute approximate surface area is 210 Å². The highest BCUT2D eigenvalue weighted by Gasteiger charge is 2.25. The highest BCUT2D eigenvalue weighted by molar-refractivity contribution is 5.94. The van der Waals surface area contributed by atoms with Crippen LogP contribution in [0, 0.1) is 31.6 Å². The number of methoxy groups -OCH3 is 2. The molecule has 0 saturated carbocycles. The molecule has 1 N–H and O–H groups in total. The van der Waals surface area contributed by atoms with Gasteiger partial charge in [0.05, 0.1) is 53.5 Å². The summed E-state index contributed by atoms with van der Waals surface area (Å²) >= 11 is 0. The summed E-state index contributed by atoms with van der Waals surface area (Å²) in [6.45, 7) is 3.85. The zero-order valence-electron chi connectivity index (χ0n) is 20.4. The minimum absolute atomic E-state index is 0.0244. The van der Waals surface area contributed by atoms with Crippen molar-refractivity contribution >= 4 is 46.0 Å². The minimum atomic E-state index is -0.916. The van der Waals surface area contributed by atoms with Crippen LogP contribution in [0.15, 0.2) is 34.5 Å². The maximum Gasteiger partial charge on any atom is 0.307 e. The van der Waals surface area contributed by atoms with Crippen molar-refractivity contribution in [3.63, 3.8) is 0 Å². The van der Waals surface area contributed by atoms with Gasteiger partial charge in [-0.15, -0.1) is 10.2 Å². The molecular weight excluding hydrogens is 490 g/mol. The lowest BCUT2D eigenvalue weighted by molar-refractivity contribution is -0.393. The van der Waals surface area contributed by atoms with E-state index in [4.69, 9.17) is 4.74 Å². The molecule has 0 spiro atoms. The topological polar surface area (TPSA) is 203 Å². The van der Waals surface area contributed by atoms with Crippen LogP contribution in [0.2, 0.25) is 0 Å². The number of nitrogens with one attached hydrogen (secondary N) is 1. The second-order valence-electron chi connectivity index (χ2n) is 7.32. The first-order valence-corrected chi connectivity index (χ1v) is 10.7. The third-order valence-corrected chi connectivity index (χ3v) is 5.00. The molecule has 0 unspecified atom stereocenters. The molecule has 0 aliphatic heterocycles.